The van der Waals surface area contributed by atoms with Gasteiger partial charge in [-0.3, -0.25) is 0 Å². The van der Waals surface area contributed by atoms with Crippen molar-refractivity contribution in [2.24, 2.45) is 0 Å². The van der Waals surface area contributed by atoms with Gasteiger partial charge in [-0.2, -0.15) is 0 Å². The van der Waals surface area contributed by atoms with Crippen LogP contribution in [0.4, 0.5) is 0 Å². The first-order valence-electron chi connectivity index (χ1n) is 6.79. The Kier molecular flexibility index (Phi) is 3.89. The van der Waals surface area contributed by atoms with Crippen LogP contribution in [0, 0.1) is 6.92 Å². The highest BCUT2D eigenvalue weighted by atomic mass is 35.5. The molecule has 0 bridgehead atoms. The predicted molar refractivity (Wildman–Crippen MR) is 88.5 cm³/mol. The zero-order chi connectivity index (χ0) is 15.0. The monoisotopic (exact) mass is 321 g/mol. The number of hydrogen-bond acceptors (Lipinski definition) is 3. The van der Waals surface area contributed by atoms with Crippen molar-refractivity contribution in [1.29, 1.82) is 0 Å². The van der Waals surface area contributed by atoms with Gasteiger partial charge in [0.2, 0.25) is 0 Å². The molecule has 0 saturated heterocycles. The Morgan fingerprint density at radius 2 is 2.10 bits per heavy atom. The van der Waals surface area contributed by atoms with E-state index in [1.54, 1.807) is 11.3 Å². The number of aromatic nitrogens is 2. The third kappa shape index (κ3) is 2.64. The molecular weight excluding hydrogens is 306 g/mol. The van der Waals surface area contributed by atoms with E-state index in [0.29, 0.717) is 0 Å². The molecule has 4 nitrogen and oxygen atoms in total. The van der Waals surface area contributed by atoms with Crippen molar-refractivity contribution in [3.63, 3.8) is 0 Å². The minimum Gasteiger partial charge on any atom is -0.306 e. The number of nitrogens with one attached hydrogen (secondary N) is 3. The Bertz CT molecular complexity index is 833. The molecule has 2 aromatic heterocycles. The molecule has 110 valence electrons. The summed E-state index contributed by atoms with van der Waals surface area (Å²) < 4.78 is 0. The van der Waals surface area contributed by atoms with Crippen LogP contribution >= 0.6 is 22.9 Å². The maximum absolute atomic E-state index is 11.4. The van der Waals surface area contributed by atoms with Gasteiger partial charge in [0.15, 0.2) is 0 Å². The van der Waals surface area contributed by atoms with Crippen LogP contribution in [-0.4, -0.2) is 16.5 Å². The van der Waals surface area contributed by atoms with Gasteiger partial charge in [-0.1, -0.05) is 24.6 Å². The summed E-state index contributed by atoms with van der Waals surface area (Å²) in [6.45, 7) is 4.91. The molecule has 1 unspecified atom stereocenters. The maximum atomic E-state index is 11.4. The Morgan fingerprint density at radius 3 is 2.76 bits per heavy atom. The third-order valence-corrected chi connectivity index (χ3v) is 5.25. The molecule has 3 rings (SSSR count). The number of imidazole rings is 1. The number of rotatable bonds is 4. The summed E-state index contributed by atoms with van der Waals surface area (Å²) in [6.07, 6.45) is 0. The van der Waals surface area contributed by atoms with E-state index in [9.17, 15) is 4.79 Å². The van der Waals surface area contributed by atoms with Crippen LogP contribution in [0.2, 0.25) is 5.02 Å². The van der Waals surface area contributed by atoms with Crippen LogP contribution in [0.3, 0.4) is 0 Å². The highest BCUT2D eigenvalue weighted by Crippen LogP contribution is 2.36. The van der Waals surface area contributed by atoms with E-state index in [4.69, 9.17) is 11.6 Å². The number of benzene rings is 1. The predicted octanol–water partition coefficient (Wildman–Crippen LogP) is 3.58. The van der Waals surface area contributed by atoms with Crippen LogP contribution in [-0.2, 0) is 0 Å². The zero-order valence-electron chi connectivity index (χ0n) is 11.8. The van der Waals surface area contributed by atoms with E-state index in [0.717, 1.165) is 38.6 Å². The van der Waals surface area contributed by atoms with Crippen molar-refractivity contribution in [2.75, 3.05) is 6.54 Å². The topological polar surface area (TPSA) is 60.7 Å². The summed E-state index contributed by atoms with van der Waals surface area (Å²) in [5, 5.41) is 6.35. The number of aromatic amines is 2. The van der Waals surface area contributed by atoms with Crippen molar-refractivity contribution < 1.29 is 0 Å². The quantitative estimate of drug-likeness (QED) is 0.688. The molecule has 1 atom stereocenters. The highest BCUT2D eigenvalue weighted by molar-refractivity contribution is 7.10. The molecule has 6 heteroatoms. The lowest BCUT2D eigenvalue weighted by molar-refractivity contribution is 0.640. The first-order valence-corrected chi connectivity index (χ1v) is 8.04. The average molecular weight is 322 g/mol. The molecule has 2 heterocycles. The lowest BCUT2D eigenvalue weighted by Gasteiger charge is -2.18. The number of H-pyrrole nitrogens is 2. The third-order valence-electron chi connectivity index (χ3n) is 3.47. The minimum absolute atomic E-state index is 0.0315. The number of fused-ring (bicyclic) bond motifs is 1. The summed E-state index contributed by atoms with van der Waals surface area (Å²) in [5.74, 6) is 0. The second kappa shape index (κ2) is 5.67. The second-order valence-electron chi connectivity index (χ2n) is 4.97. The average Bonchev–Trinajstić information content (AvgIpc) is 2.99. The van der Waals surface area contributed by atoms with Crippen LogP contribution in [0.15, 0.2) is 28.4 Å². The lowest BCUT2D eigenvalue weighted by Crippen LogP contribution is -2.21. The van der Waals surface area contributed by atoms with Crippen molar-refractivity contribution in [2.45, 2.75) is 19.9 Å². The molecule has 0 aliphatic heterocycles. The maximum Gasteiger partial charge on any atom is 0.323 e. The fourth-order valence-corrected chi connectivity index (χ4v) is 3.84. The standard InChI is InChI=1S/C15H16ClN3OS/c1-3-17-13(14-12(16)8(2)7-21-14)9-4-5-10-11(6-9)19-15(20)18-10/h4-7,13,17H,3H2,1-2H3,(H2,18,19,20). The molecule has 0 radical (unpaired) electrons. The molecule has 0 aliphatic rings. The first kappa shape index (κ1) is 14.4. The number of thiophene rings is 1. The second-order valence-corrected chi connectivity index (χ2v) is 6.26. The zero-order valence-corrected chi connectivity index (χ0v) is 13.4. The van der Waals surface area contributed by atoms with Gasteiger partial charge in [-0.05, 0) is 42.1 Å². The van der Waals surface area contributed by atoms with Crippen molar-refractivity contribution in [1.82, 2.24) is 15.3 Å². The Hall–Kier alpha value is -1.56. The van der Waals surface area contributed by atoms with Gasteiger partial charge in [-0.15, -0.1) is 11.3 Å². The fraction of sp³-hybridized carbons (Fsp3) is 0.267. The molecule has 3 aromatic rings. The molecule has 21 heavy (non-hydrogen) atoms. The molecule has 1 aromatic carbocycles. The fourth-order valence-electron chi connectivity index (χ4n) is 2.44. The van der Waals surface area contributed by atoms with Gasteiger partial charge >= 0.3 is 5.69 Å². The van der Waals surface area contributed by atoms with Crippen LogP contribution in [0.5, 0.6) is 0 Å². The minimum atomic E-state index is -0.188. The number of aryl methyl sites for hydroxylation is 1. The Morgan fingerprint density at radius 1 is 1.33 bits per heavy atom. The van der Waals surface area contributed by atoms with Crippen molar-refractivity contribution >= 4 is 34.0 Å². The number of halogens is 1. The molecule has 0 aliphatic carbocycles. The Balaban J connectivity index is 2.10. The highest BCUT2D eigenvalue weighted by Gasteiger charge is 2.19. The number of hydrogen-bond donors (Lipinski definition) is 3. The summed E-state index contributed by atoms with van der Waals surface area (Å²) >= 11 is 8.07. The molecule has 3 N–H and O–H groups in total. The molecular formula is C15H16ClN3OS. The van der Waals surface area contributed by atoms with Crippen LogP contribution in [0.1, 0.15) is 29.0 Å². The largest absolute Gasteiger partial charge is 0.323 e. The van der Waals surface area contributed by atoms with Crippen LogP contribution in [0.25, 0.3) is 11.0 Å². The van der Waals surface area contributed by atoms with E-state index in [1.165, 1.54) is 0 Å². The van der Waals surface area contributed by atoms with E-state index in [1.807, 2.05) is 25.1 Å². The van der Waals surface area contributed by atoms with E-state index < -0.39 is 0 Å². The van der Waals surface area contributed by atoms with Gasteiger partial charge < -0.3 is 15.3 Å². The SMILES string of the molecule is CCNC(c1ccc2[nH]c(=O)[nH]c2c1)c1scc(C)c1Cl. The molecule has 0 spiro atoms. The first-order chi connectivity index (χ1) is 10.1. The van der Waals surface area contributed by atoms with Gasteiger partial charge in [0.25, 0.3) is 0 Å². The molecule has 0 amide bonds. The summed E-state index contributed by atoms with van der Waals surface area (Å²) in [5.41, 5.74) is 3.61. The van der Waals surface area contributed by atoms with E-state index >= 15 is 0 Å². The van der Waals surface area contributed by atoms with Gasteiger partial charge in [0.1, 0.15) is 0 Å². The van der Waals surface area contributed by atoms with Gasteiger partial charge in [0, 0.05) is 4.88 Å². The van der Waals surface area contributed by atoms with Gasteiger partial charge in [0.05, 0.1) is 22.1 Å². The van der Waals surface area contributed by atoms with E-state index in [-0.39, 0.29) is 11.7 Å². The van der Waals surface area contributed by atoms with Crippen molar-refractivity contribution in [3.8, 4) is 0 Å². The lowest BCUT2D eigenvalue weighted by atomic mass is 10.0. The van der Waals surface area contributed by atoms with Crippen molar-refractivity contribution in [3.05, 3.63) is 55.1 Å². The smallest absolute Gasteiger partial charge is 0.306 e. The molecule has 0 fully saturated rings. The summed E-state index contributed by atoms with van der Waals surface area (Å²) in [6, 6.07) is 5.96. The normalized spacial score (nSPS) is 12.9. The van der Waals surface area contributed by atoms with Gasteiger partial charge in [-0.25, -0.2) is 4.79 Å². The Labute approximate surface area is 131 Å². The molecule has 0 saturated carbocycles. The summed E-state index contributed by atoms with van der Waals surface area (Å²) in [7, 11) is 0. The summed E-state index contributed by atoms with van der Waals surface area (Å²) in [4.78, 5) is 18.0. The van der Waals surface area contributed by atoms with E-state index in [2.05, 4.69) is 27.6 Å². The van der Waals surface area contributed by atoms with Crippen LogP contribution < -0.4 is 11.0 Å².